The van der Waals surface area contributed by atoms with E-state index in [1.807, 2.05) is 31.2 Å². The molecule has 2 aromatic rings. The molecule has 0 saturated carbocycles. The second-order valence-electron chi connectivity index (χ2n) is 7.05. The van der Waals surface area contributed by atoms with Crippen LogP contribution in [0.2, 0.25) is 0 Å². The summed E-state index contributed by atoms with van der Waals surface area (Å²) in [4.78, 5) is 31.8. The van der Waals surface area contributed by atoms with Crippen LogP contribution in [0.4, 0.5) is 0 Å². The number of hydrogen-bond acceptors (Lipinski definition) is 4. The summed E-state index contributed by atoms with van der Waals surface area (Å²) < 4.78 is 0. The fraction of sp³-hybridized carbons (Fsp3) is 0.318. The lowest BCUT2D eigenvalue weighted by Gasteiger charge is -2.34. The van der Waals surface area contributed by atoms with E-state index in [2.05, 4.69) is 24.2 Å². The molecule has 1 unspecified atom stereocenters. The highest BCUT2D eigenvalue weighted by Gasteiger charge is 2.50. The minimum Gasteiger partial charge on any atom is -0.399 e. The van der Waals surface area contributed by atoms with Crippen LogP contribution in [0.5, 0.6) is 0 Å². The Morgan fingerprint density at radius 2 is 1.86 bits per heavy atom. The molecule has 0 radical (unpaired) electrons. The molecule has 0 bridgehead atoms. The van der Waals surface area contributed by atoms with Gasteiger partial charge in [0.25, 0.3) is 5.91 Å². The number of amides is 2. The minimum atomic E-state index is -1.08. The van der Waals surface area contributed by atoms with Gasteiger partial charge in [-0.2, -0.15) is 0 Å². The van der Waals surface area contributed by atoms with Crippen molar-refractivity contribution < 1.29 is 14.4 Å². The van der Waals surface area contributed by atoms with Gasteiger partial charge in [0.15, 0.2) is 0 Å². The van der Waals surface area contributed by atoms with Gasteiger partial charge in [-0.3, -0.25) is 9.59 Å². The third kappa shape index (κ3) is 3.38. The standard InChI is InChI=1S/C22H25N3O3/c1-4-22(21(23)27)13-18(24-28-3)14-25(22)20(26)17-11-9-16(10-12-17)19-8-6-5-7-15(19)2/h5-12H,4,13-14H2,1-3H3,(H2,23,27). The smallest absolute Gasteiger partial charge is 0.255 e. The minimum absolute atomic E-state index is 0.225. The van der Waals surface area contributed by atoms with Crippen molar-refractivity contribution in [1.82, 2.24) is 4.90 Å². The normalized spacial score (nSPS) is 20.4. The van der Waals surface area contributed by atoms with Gasteiger partial charge in [0, 0.05) is 12.0 Å². The average molecular weight is 379 g/mol. The van der Waals surface area contributed by atoms with E-state index in [4.69, 9.17) is 10.6 Å². The van der Waals surface area contributed by atoms with Crippen LogP contribution < -0.4 is 5.73 Å². The van der Waals surface area contributed by atoms with Gasteiger partial charge >= 0.3 is 0 Å². The number of nitrogens with zero attached hydrogens (tertiary/aromatic N) is 2. The third-order valence-corrected chi connectivity index (χ3v) is 5.45. The number of likely N-dealkylation sites (tertiary alicyclic amines) is 1. The van der Waals surface area contributed by atoms with Gasteiger partial charge < -0.3 is 15.5 Å². The van der Waals surface area contributed by atoms with Gasteiger partial charge in [0.2, 0.25) is 5.91 Å². The summed E-state index contributed by atoms with van der Waals surface area (Å²) in [6, 6.07) is 15.5. The van der Waals surface area contributed by atoms with Crippen LogP contribution in [-0.4, -0.2) is 41.6 Å². The number of nitrogens with two attached hydrogens (primary N) is 1. The molecular formula is C22H25N3O3. The lowest BCUT2D eigenvalue weighted by molar-refractivity contribution is -0.127. The maximum atomic E-state index is 13.2. The molecule has 1 heterocycles. The molecule has 1 aliphatic rings. The Morgan fingerprint density at radius 1 is 1.18 bits per heavy atom. The number of hydrogen-bond donors (Lipinski definition) is 1. The van der Waals surface area contributed by atoms with E-state index in [1.54, 1.807) is 12.1 Å². The SMILES string of the molecule is CCC1(C(N)=O)CC(=NOC)CN1C(=O)c1ccc(-c2ccccc2C)cc1. The number of rotatable bonds is 5. The van der Waals surface area contributed by atoms with Gasteiger partial charge in [0.05, 0.1) is 12.3 Å². The van der Waals surface area contributed by atoms with Gasteiger partial charge in [0.1, 0.15) is 12.6 Å². The largest absolute Gasteiger partial charge is 0.399 e. The van der Waals surface area contributed by atoms with Crippen molar-refractivity contribution in [3.63, 3.8) is 0 Å². The van der Waals surface area contributed by atoms with Crippen LogP contribution >= 0.6 is 0 Å². The predicted octanol–water partition coefficient (Wildman–Crippen LogP) is 3.14. The van der Waals surface area contributed by atoms with E-state index in [0.29, 0.717) is 24.1 Å². The van der Waals surface area contributed by atoms with Crippen LogP contribution in [0.1, 0.15) is 35.7 Å². The van der Waals surface area contributed by atoms with Crippen molar-refractivity contribution in [2.45, 2.75) is 32.2 Å². The highest BCUT2D eigenvalue weighted by molar-refractivity contribution is 6.07. The highest BCUT2D eigenvalue weighted by atomic mass is 16.6. The summed E-state index contributed by atoms with van der Waals surface area (Å²) in [6.07, 6.45) is 0.706. The second kappa shape index (κ2) is 7.84. The molecule has 3 rings (SSSR count). The van der Waals surface area contributed by atoms with E-state index in [0.717, 1.165) is 11.1 Å². The molecular weight excluding hydrogens is 354 g/mol. The molecule has 1 atom stereocenters. The first kappa shape index (κ1) is 19.6. The zero-order valence-corrected chi connectivity index (χ0v) is 16.4. The van der Waals surface area contributed by atoms with Crippen molar-refractivity contribution >= 4 is 17.5 Å². The topological polar surface area (TPSA) is 85.0 Å². The van der Waals surface area contributed by atoms with E-state index < -0.39 is 11.4 Å². The summed E-state index contributed by atoms with van der Waals surface area (Å²) >= 11 is 0. The highest BCUT2D eigenvalue weighted by Crippen LogP contribution is 2.33. The maximum Gasteiger partial charge on any atom is 0.255 e. The number of benzene rings is 2. The quantitative estimate of drug-likeness (QED) is 0.810. The number of aryl methyl sites for hydroxylation is 1. The van der Waals surface area contributed by atoms with Crippen LogP contribution in [-0.2, 0) is 9.63 Å². The van der Waals surface area contributed by atoms with Crippen LogP contribution in [0.3, 0.4) is 0 Å². The van der Waals surface area contributed by atoms with Crippen LogP contribution in [0, 0.1) is 6.92 Å². The van der Waals surface area contributed by atoms with Crippen molar-refractivity contribution in [2.24, 2.45) is 10.9 Å². The Bertz CT molecular complexity index is 921. The van der Waals surface area contributed by atoms with Crippen LogP contribution in [0.25, 0.3) is 11.1 Å². The summed E-state index contributed by atoms with van der Waals surface area (Å²) in [6.45, 7) is 4.13. The molecule has 0 aliphatic carbocycles. The molecule has 2 N–H and O–H groups in total. The lowest BCUT2D eigenvalue weighted by Crippen LogP contribution is -2.55. The van der Waals surface area contributed by atoms with Crippen molar-refractivity contribution in [2.75, 3.05) is 13.7 Å². The van der Waals surface area contributed by atoms with Crippen molar-refractivity contribution in [3.8, 4) is 11.1 Å². The number of primary amides is 1. The fourth-order valence-electron chi connectivity index (χ4n) is 3.83. The van der Waals surface area contributed by atoms with Gasteiger partial charge in [-0.15, -0.1) is 0 Å². The lowest BCUT2D eigenvalue weighted by atomic mass is 9.91. The summed E-state index contributed by atoms with van der Waals surface area (Å²) in [7, 11) is 1.44. The molecule has 6 heteroatoms. The van der Waals surface area contributed by atoms with Gasteiger partial charge in [-0.1, -0.05) is 48.5 Å². The van der Waals surface area contributed by atoms with Gasteiger partial charge in [-0.05, 0) is 42.2 Å². The Labute approximate surface area is 165 Å². The molecule has 0 spiro atoms. The average Bonchev–Trinajstić information content (AvgIpc) is 3.08. The molecule has 28 heavy (non-hydrogen) atoms. The van der Waals surface area contributed by atoms with Gasteiger partial charge in [-0.25, -0.2) is 0 Å². The van der Waals surface area contributed by atoms with Crippen molar-refractivity contribution in [1.29, 1.82) is 0 Å². The first-order valence-electron chi connectivity index (χ1n) is 9.29. The number of carbonyl (C=O) groups is 2. The Kier molecular flexibility index (Phi) is 5.49. The van der Waals surface area contributed by atoms with Crippen molar-refractivity contribution in [3.05, 3.63) is 59.7 Å². The maximum absolute atomic E-state index is 13.2. The van der Waals surface area contributed by atoms with E-state index >= 15 is 0 Å². The van der Waals surface area contributed by atoms with Crippen LogP contribution in [0.15, 0.2) is 53.7 Å². The van der Waals surface area contributed by atoms with E-state index in [1.165, 1.54) is 17.6 Å². The number of oxime groups is 1. The summed E-state index contributed by atoms with van der Waals surface area (Å²) in [5.41, 5.74) is 9.08. The molecule has 2 amide bonds. The Hall–Kier alpha value is -3.15. The zero-order valence-electron chi connectivity index (χ0n) is 16.4. The molecule has 1 fully saturated rings. The Balaban J connectivity index is 1.93. The van der Waals surface area contributed by atoms with E-state index in [-0.39, 0.29) is 12.5 Å². The van der Waals surface area contributed by atoms with E-state index in [9.17, 15) is 9.59 Å². The molecule has 1 aliphatic heterocycles. The Morgan fingerprint density at radius 3 is 2.43 bits per heavy atom. The first-order valence-corrected chi connectivity index (χ1v) is 9.29. The predicted molar refractivity (Wildman–Crippen MR) is 109 cm³/mol. The number of carbonyl (C=O) groups excluding carboxylic acids is 2. The molecule has 6 nitrogen and oxygen atoms in total. The zero-order chi connectivity index (χ0) is 20.3. The molecule has 0 aromatic heterocycles. The second-order valence-corrected chi connectivity index (χ2v) is 7.05. The first-order chi connectivity index (χ1) is 13.4. The molecule has 1 saturated heterocycles. The third-order valence-electron chi connectivity index (χ3n) is 5.45. The molecule has 2 aromatic carbocycles. The molecule has 146 valence electrons. The fourth-order valence-corrected chi connectivity index (χ4v) is 3.83. The summed E-state index contributed by atoms with van der Waals surface area (Å²) in [5.74, 6) is -0.764. The summed E-state index contributed by atoms with van der Waals surface area (Å²) in [5, 5.41) is 3.95. The monoisotopic (exact) mass is 379 g/mol.